The van der Waals surface area contributed by atoms with E-state index in [9.17, 15) is 4.79 Å². The molecule has 1 aromatic carbocycles. The van der Waals surface area contributed by atoms with Crippen LogP contribution in [0.2, 0.25) is 0 Å². The molecule has 0 fully saturated rings. The number of carbonyl (C=O) groups is 1. The zero-order valence-corrected chi connectivity index (χ0v) is 10.0. The molecule has 0 unspecified atom stereocenters. The number of hydrogen-bond acceptors (Lipinski definition) is 3. The molecule has 18 heavy (non-hydrogen) atoms. The standard InChI is InChI=1S/C15H13NO2/c1-18-15(17)11-13(12-7-3-2-4-8-12)14-9-5-6-10-16-14/h2-11H,1H3/b13-11+. The lowest BCUT2D eigenvalue weighted by Gasteiger charge is -2.06. The van der Waals surface area contributed by atoms with Gasteiger partial charge in [-0.05, 0) is 17.7 Å². The fourth-order valence-electron chi connectivity index (χ4n) is 1.62. The van der Waals surface area contributed by atoms with Crippen LogP contribution < -0.4 is 0 Å². The van der Waals surface area contributed by atoms with Gasteiger partial charge in [-0.3, -0.25) is 4.98 Å². The number of ether oxygens (including phenoxy) is 1. The largest absolute Gasteiger partial charge is 0.466 e. The Morgan fingerprint density at radius 1 is 1.11 bits per heavy atom. The predicted octanol–water partition coefficient (Wildman–Crippen LogP) is 2.69. The molecule has 0 atom stereocenters. The van der Waals surface area contributed by atoms with Crippen molar-refractivity contribution in [3.8, 4) is 0 Å². The van der Waals surface area contributed by atoms with E-state index in [4.69, 9.17) is 0 Å². The minimum atomic E-state index is -0.389. The lowest BCUT2D eigenvalue weighted by molar-refractivity contribution is -0.134. The van der Waals surface area contributed by atoms with Gasteiger partial charge in [0, 0.05) is 17.8 Å². The van der Waals surface area contributed by atoms with Crippen molar-refractivity contribution in [1.82, 2.24) is 4.98 Å². The molecule has 3 heteroatoms. The molecule has 0 N–H and O–H groups in total. The van der Waals surface area contributed by atoms with Gasteiger partial charge < -0.3 is 4.74 Å². The average molecular weight is 239 g/mol. The smallest absolute Gasteiger partial charge is 0.331 e. The Labute approximate surface area is 106 Å². The number of methoxy groups -OCH3 is 1. The maximum absolute atomic E-state index is 11.4. The van der Waals surface area contributed by atoms with Crippen LogP contribution in [0, 0.1) is 0 Å². The molecule has 1 aromatic heterocycles. The van der Waals surface area contributed by atoms with Crippen LogP contribution in [0.5, 0.6) is 0 Å². The molecular weight excluding hydrogens is 226 g/mol. The van der Waals surface area contributed by atoms with Crippen LogP contribution in [0.4, 0.5) is 0 Å². The summed E-state index contributed by atoms with van der Waals surface area (Å²) in [4.78, 5) is 15.7. The molecule has 0 bridgehead atoms. The average Bonchev–Trinajstić information content (AvgIpc) is 2.46. The van der Waals surface area contributed by atoms with Crippen LogP contribution in [0.25, 0.3) is 5.57 Å². The van der Waals surface area contributed by atoms with Gasteiger partial charge in [-0.2, -0.15) is 0 Å². The van der Waals surface area contributed by atoms with Crippen molar-refractivity contribution < 1.29 is 9.53 Å². The highest BCUT2D eigenvalue weighted by Gasteiger charge is 2.08. The van der Waals surface area contributed by atoms with E-state index in [-0.39, 0.29) is 5.97 Å². The summed E-state index contributed by atoms with van der Waals surface area (Å²) >= 11 is 0. The molecule has 0 aliphatic heterocycles. The number of nitrogens with zero attached hydrogens (tertiary/aromatic N) is 1. The highest BCUT2D eigenvalue weighted by atomic mass is 16.5. The number of rotatable bonds is 3. The fraction of sp³-hybridized carbons (Fsp3) is 0.0667. The minimum absolute atomic E-state index is 0.389. The van der Waals surface area contributed by atoms with Crippen molar-refractivity contribution in [2.45, 2.75) is 0 Å². The summed E-state index contributed by atoms with van der Waals surface area (Å²) in [6.45, 7) is 0. The van der Waals surface area contributed by atoms with Crippen molar-refractivity contribution in [1.29, 1.82) is 0 Å². The van der Waals surface area contributed by atoms with Crippen molar-refractivity contribution in [3.63, 3.8) is 0 Å². The zero-order valence-electron chi connectivity index (χ0n) is 10.0. The normalized spacial score (nSPS) is 11.1. The van der Waals surface area contributed by atoms with E-state index in [1.807, 2.05) is 48.5 Å². The van der Waals surface area contributed by atoms with Crippen molar-refractivity contribution in [3.05, 3.63) is 72.1 Å². The second-order valence-electron chi connectivity index (χ2n) is 3.66. The van der Waals surface area contributed by atoms with Crippen molar-refractivity contribution >= 4 is 11.5 Å². The third-order valence-electron chi connectivity index (χ3n) is 2.49. The van der Waals surface area contributed by atoms with Crippen LogP contribution in [0.3, 0.4) is 0 Å². The van der Waals surface area contributed by atoms with E-state index in [0.717, 1.165) is 16.8 Å². The number of carbonyl (C=O) groups excluding carboxylic acids is 1. The lowest BCUT2D eigenvalue weighted by atomic mass is 10.0. The quantitative estimate of drug-likeness (QED) is 0.610. The summed E-state index contributed by atoms with van der Waals surface area (Å²) in [5, 5.41) is 0. The molecule has 0 saturated heterocycles. The first-order valence-corrected chi connectivity index (χ1v) is 5.58. The number of pyridine rings is 1. The van der Waals surface area contributed by atoms with Gasteiger partial charge in [-0.25, -0.2) is 4.79 Å². The lowest BCUT2D eigenvalue weighted by Crippen LogP contribution is -1.99. The SMILES string of the molecule is COC(=O)/C=C(\c1ccccc1)c1ccccn1. The van der Waals surface area contributed by atoms with Crippen LogP contribution in [0.15, 0.2) is 60.8 Å². The first-order valence-electron chi connectivity index (χ1n) is 5.58. The topological polar surface area (TPSA) is 39.2 Å². The molecule has 2 rings (SSSR count). The molecular formula is C15H13NO2. The highest BCUT2D eigenvalue weighted by molar-refractivity contribution is 5.95. The summed E-state index contributed by atoms with van der Waals surface area (Å²) in [5.74, 6) is -0.389. The van der Waals surface area contributed by atoms with Crippen LogP contribution in [-0.2, 0) is 9.53 Å². The molecule has 0 spiro atoms. The second kappa shape index (κ2) is 5.77. The van der Waals surface area contributed by atoms with E-state index in [1.165, 1.54) is 13.2 Å². The van der Waals surface area contributed by atoms with E-state index in [0.29, 0.717) is 0 Å². The number of benzene rings is 1. The van der Waals surface area contributed by atoms with E-state index >= 15 is 0 Å². The molecule has 1 heterocycles. The highest BCUT2D eigenvalue weighted by Crippen LogP contribution is 2.21. The maximum atomic E-state index is 11.4. The number of aromatic nitrogens is 1. The van der Waals surface area contributed by atoms with Gasteiger partial charge in [-0.1, -0.05) is 36.4 Å². The van der Waals surface area contributed by atoms with Crippen LogP contribution in [0.1, 0.15) is 11.3 Å². The van der Waals surface area contributed by atoms with Gasteiger partial charge in [-0.15, -0.1) is 0 Å². The molecule has 0 saturated carbocycles. The second-order valence-corrected chi connectivity index (χ2v) is 3.66. The van der Waals surface area contributed by atoms with Gasteiger partial charge in [0.05, 0.1) is 12.8 Å². The Morgan fingerprint density at radius 3 is 2.44 bits per heavy atom. The summed E-state index contributed by atoms with van der Waals surface area (Å²) < 4.78 is 4.68. The number of hydrogen-bond donors (Lipinski definition) is 0. The molecule has 2 aromatic rings. The Balaban J connectivity index is 2.49. The summed E-state index contributed by atoms with van der Waals surface area (Å²) in [6.07, 6.45) is 3.15. The van der Waals surface area contributed by atoms with Gasteiger partial charge in [0.1, 0.15) is 0 Å². The minimum Gasteiger partial charge on any atom is -0.466 e. The Hall–Kier alpha value is -2.42. The Bertz CT molecular complexity index is 506. The first-order chi connectivity index (χ1) is 8.81. The monoisotopic (exact) mass is 239 g/mol. The van der Waals surface area contributed by atoms with E-state index in [1.54, 1.807) is 6.20 Å². The Morgan fingerprint density at radius 2 is 1.83 bits per heavy atom. The number of esters is 1. The molecule has 0 aliphatic rings. The Kier molecular flexibility index (Phi) is 3.86. The summed E-state index contributed by atoms with van der Waals surface area (Å²) in [6, 6.07) is 15.2. The molecule has 3 nitrogen and oxygen atoms in total. The van der Waals surface area contributed by atoms with Crippen LogP contribution in [-0.4, -0.2) is 18.1 Å². The predicted molar refractivity (Wildman–Crippen MR) is 69.8 cm³/mol. The van der Waals surface area contributed by atoms with Gasteiger partial charge in [0.25, 0.3) is 0 Å². The van der Waals surface area contributed by atoms with Crippen LogP contribution >= 0.6 is 0 Å². The fourth-order valence-corrected chi connectivity index (χ4v) is 1.62. The molecule has 0 aliphatic carbocycles. The molecule has 90 valence electrons. The third-order valence-corrected chi connectivity index (χ3v) is 2.49. The van der Waals surface area contributed by atoms with Crippen molar-refractivity contribution in [2.24, 2.45) is 0 Å². The summed E-state index contributed by atoms with van der Waals surface area (Å²) in [5.41, 5.74) is 2.43. The molecule has 0 radical (unpaired) electrons. The van der Waals surface area contributed by atoms with Gasteiger partial charge in [0.15, 0.2) is 0 Å². The zero-order chi connectivity index (χ0) is 12.8. The molecule has 0 amide bonds. The summed E-state index contributed by atoms with van der Waals surface area (Å²) in [7, 11) is 1.36. The van der Waals surface area contributed by atoms with E-state index in [2.05, 4.69) is 9.72 Å². The van der Waals surface area contributed by atoms with Gasteiger partial charge in [0.2, 0.25) is 0 Å². The van der Waals surface area contributed by atoms with Gasteiger partial charge >= 0.3 is 5.97 Å². The van der Waals surface area contributed by atoms with Crippen molar-refractivity contribution in [2.75, 3.05) is 7.11 Å². The first kappa shape index (κ1) is 12.0. The van der Waals surface area contributed by atoms with E-state index < -0.39 is 0 Å². The third kappa shape index (κ3) is 2.83. The maximum Gasteiger partial charge on any atom is 0.331 e.